The third-order valence-corrected chi connectivity index (χ3v) is 3.07. The van der Waals surface area contributed by atoms with Crippen molar-refractivity contribution in [3.8, 4) is 6.07 Å². The first-order chi connectivity index (χ1) is 6.22. The van der Waals surface area contributed by atoms with Crippen LogP contribution < -0.4 is 5.73 Å². The lowest BCUT2D eigenvalue weighted by atomic mass is 10.1. The van der Waals surface area contributed by atoms with Crippen LogP contribution in [0.25, 0.3) is 10.1 Å². The minimum atomic E-state index is 0.612. The molecule has 0 aliphatic carbocycles. The summed E-state index contributed by atoms with van der Waals surface area (Å²) in [5.41, 5.74) is 7.59. The number of nitriles is 1. The molecule has 1 heterocycles. The number of aryl methyl sites for hydroxylation is 1. The molecule has 3 heteroatoms. The van der Waals surface area contributed by atoms with Crippen molar-refractivity contribution in [1.82, 2.24) is 0 Å². The number of nitrogen functional groups attached to an aromatic ring is 1. The largest absolute Gasteiger partial charge is 0.396 e. The molecule has 1 aromatic carbocycles. The fraction of sp³-hybridized carbons (Fsp3) is 0.100. The number of fused-ring (bicyclic) bond motifs is 1. The molecule has 2 rings (SSSR count). The number of nitrogens with two attached hydrogens (primary N) is 1. The van der Waals surface area contributed by atoms with Crippen LogP contribution in [-0.4, -0.2) is 0 Å². The fourth-order valence-corrected chi connectivity index (χ4v) is 2.21. The predicted octanol–water partition coefficient (Wildman–Crippen LogP) is 2.66. The van der Waals surface area contributed by atoms with Crippen molar-refractivity contribution in [2.75, 3.05) is 5.73 Å². The number of benzene rings is 1. The highest BCUT2D eigenvalue weighted by Gasteiger charge is 2.07. The Morgan fingerprint density at radius 2 is 2.23 bits per heavy atom. The summed E-state index contributed by atoms with van der Waals surface area (Å²) in [6, 6.07) is 8.15. The van der Waals surface area contributed by atoms with Crippen LogP contribution in [0.15, 0.2) is 18.2 Å². The zero-order valence-corrected chi connectivity index (χ0v) is 7.98. The number of thiophene rings is 1. The molecule has 2 nitrogen and oxygen atoms in total. The van der Waals surface area contributed by atoms with Gasteiger partial charge in [0.1, 0.15) is 10.9 Å². The van der Waals surface area contributed by atoms with Gasteiger partial charge in [-0.25, -0.2) is 0 Å². The maximum atomic E-state index is 8.77. The highest BCUT2D eigenvalue weighted by atomic mass is 32.1. The van der Waals surface area contributed by atoms with Gasteiger partial charge in [0.25, 0.3) is 0 Å². The molecule has 2 N–H and O–H groups in total. The molecule has 0 bridgehead atoms. The van der Waals surface area contributed by atoms with Crippen LogP contribution in [0.2, 0.25) is 0 Å². The summed E-state index contributed by atoms with van der Waals surface area (Å²) in [5.74, 6) is 0. The predicted molar refractivity (Wildman–Crippen MR) is 55.7 cm³/mol. The highest BCUT2D eigenvalue weighted by Crippen LogP contribution is 2.33. The summed E-state index contributed by atoms with van der Waals surface area (Å²) < 4.78 is 1.08. The van der Waals surface area contributed by atoms with E-state index in [0.717, 1.165) is 10.1 Å². The van der Waals surface area contributed by atoms with Crippen molar-refractivity contribution in [3.05, 3.63) is 28.6 Å². The molecule has 13 heavy (non-hydrogen) atoms. The Labute approximate surface area is 80.2 Å². The Hall–Kier alpha value is -1.53. The van der Waals surface area contributed by atoms with Gasteiger partial charge in [0, 0.05) is 10.1 Å². The Balaban J connectivity index is 2.87. The molecule has 0 atom stereocenters. The normalized spacial score (nSPS) is 10.2. The van der Waals surface area contributed by atoms with Crippen molar-refractivity contribution >= 4 is 27.1 Å². The van der Waals surface area contributed by atoms with Crippen LogP contribution in [-0.2, 0) is 0 Å². The zero-order chi connectivity index (χ0) is 9.42. The molecule has 0 saturated carbocycles. The minimum absolute atomic E-state index is 0.612. The van der Waals surface area contributed by atoms with E-state index in [4.69, 9.17) is 11.0 Å². The molecule has 64 valence electrons. The van der Waals surface area contributed by atoms with Gasteiger partial charge in [-0.2, -0.15) is 5.26 Å². The molecule has 1 aromatic heterocycles. The summed E-state index contributed by atoms with van der Waals surface area (Å²) >= 11 is 1.45. The second kappa shape index (κ2) is 2.75. The lowest BCUT2D eigenvalue weighted by Crippen LogP contribution is -1.84. The number of nitrogens with zero attached hydrogens (tertiary/aromatic N) is 1. The second-order valence-corrected chi connectivity index (χ2v) is 4.01. The molecular weight excluding hydrogens is 180 g/mol. The van der Waals surface area contributed by atoms with Crippen LogP contribution >= 0.6 is 11.3 Å². The number of rotatable bonds is 0. The standard InChI is InChI=1S/C10H8N2S/c1-6-2-3-8-7(4-6)10(12)9(5-11)13-8/h2-4H,12H2,1H3. The van der Waals surface area contributed by atoms with Crippen LogP contribution in [0, 0.1) is 18.3 Å². The zero-order valence-electron chi connectivity index (χ0n) is 7.16. The Morgan fingerprint density at radius 3 is 2.92 bits per heavy atom. The second-order valence-electron chi connectivity index (χ2n) is 2.96. The summed E-state index contributed by atoms with van der Waals surface area (Å²) in [5, 5.41) is 9.77. The smallest absolute Gasteiger partial charge is 0.129 e. The van der Waals surface area contributed by atoms with Gasteiger partial charge >= 0.3 is 0 Å². The van der Waals surface area contributed by atoms with Crippen molar-refractivity contribution < 1.29 is 0 Å². The third-order valence-electron chi connectivity index (χ3n) is 1.98. The van der Waals surface area contributed by atoms with E-state index in [1.165, 1.54) is 16.9 Å². The summed E-state index contributed by atoms with van der Waals surface area (Å²) in [6.07, 6.45) is 0. The first-order valence-electron chi connectivity index (χ1n) is 3.91. The van der Waals surface area contributed by atoms with Gasteiger partial charge in [0.15, 0.2) is 0 Å². The SMILES string of the molecule is Cc1ccc2sc(C#N)c(N)c2c1. The van der Waals surface area contributed by atoms with E-state index in [2.05, 4.69) is 6.07 Å². The number of anilines is 1. The summed E-state index contributed by atoms with van der Waals surface area (Å²) in [4.78, 5) is 0.612. The quantitative estimate of drug-likeness (QED) is 0.691. The average Bonchev–Trinajstić information content (AvgIpc) is 2.44. The topological polar surface area (TPSA) is 49.8 Å². The first-order valence-corrected chi connectivity index (χ1v) is 4.73. The molecule has 0 fully saturated rings. The molecule has 2 aromatic rings. The molecule has 0 amide bonds. The van der Waals surface area contributed by atoms with E-state index < -0.39 is 0 Å². The lowest BCUT2D eigenvalue weighted by Gasteiger charge is -1.93. The van der Waals surface area contributed by atoms with Crippen LogP contribution in [0.4, 0.5) is 5.69 Å². The number of hydrogen-bond donors (Lipinski definition) is 1. The Kier molecular flexibility index (Phi) is 1.71. The van der Waals surface area contributed by atoms with Gasteiger partial charge in [-0.3, -0.25) is 0 Å². The van der Waals surface area contributed by atoms with E-state index in [1.807, 2.05) is 25.1 Å². The van der Waals surface area contributed by atoms with Crippen LogP contribution in [0.5, 0.6) is 0 Å². The van der Waals surface area contributed by atoms with Gasteiger partial charge < -0.3 is 5.73 Å². The number of hydrogen-bond acceptors (Lipinski definition) is 3. The van der Waals surface area contributed by atoms with Gasteiger partial charge in [-0.15, -0.1) is 11.3 Å². The average molecular weight is 188 g/mol. The third kappa shape index (κ3) is 1.16. The van der Waals surface area contributed by atoms with Crippen molar-refractivity contribution in [1.29, 1.82) is 5.26 Å². The molecular formula is C10H8N2S. The maximum Gasteiger partial charge on any atom is 0.129 e. The van der Waals surface area contributed by atoms with Crippen molar-refractivity contribution in [2.45, 2.75) is 6.92 Å². The fourth-order valence-electron chi connectivity index (χ4n) is 1.31. The molecule has 0 saturated heterocycles. The highest BCUT2D eigenvalue weighted by molar-refractivity contribution is 7.20. The van der Waals surface area contributed by atoms with Gasteiger partial charge in [-0.1, -0.05) is 11.6 Å². The van der Waals surface area contributed by atoms with Crippen molar-refractivity contribution in [3.63, 3.8) is 0 Å². The maximum absolute atomic E-state index is 8.77. The van der Waals surface area contributed by atoms with E-state index in [0.29, 0.717) is 10.6 Å². The molecule has 0 aliphatic heterocycles. The monoisotopic (exact) mass is 188 g/mol. The summed E-state index contributed by atoms with van der Waals surface area (Å²) in [6.45, 7) is 2.02. The van der Waals surface area contributed by atoms with Gasteiger partial charge in [0.2, 0.25) is 0 Å². The van der Waals surface area contributed by atoms with Gasteiger partial charge in [-0.05, 0) is 19.1 Å². The first kappa shape index (κ1) is 8.09. The molecule has 0 radical (unpaired) electrons. The van der Waals surface area contributed by atoms with Crippen LogP contribution in [0.3, 0.4) is 0 Å². The van der Waals surface area contributed by atoms with E-state index in [1.54, 1.807) is 0 Å². The molecule has 0 unspecified atom stereocenters. The lowest BCUT2D eigenvalue weighted by molar-refractivity contribution is 1.51. The molecule has 0 aliphatic rings. The van der Waals surface area contributed by atoms with Gasteiger partial charge in [0.05, 0.1) is 5.69 Å². The van der Waals surface area contributed by atoms with E-state index in [-0.39, 0.29) is 0 Å². The Morgan fingerprint density at radius 1 is 1.46 bits per heavy atom. The van der Waals surface area contributed by atoms with E-state index in [9.17, 15) is 0 Å². The van der Waals surface area contributed by atoms with E-state index >= 15 is 0 Å². The summed E-state index contributed by atoms with van der Waals surface area (Å²) in [7, 11) is 0. The Bertz CT molecular complexity index is 505. The van der Waals surface area contributed by atoms with Crippen LogP contribution in [0.1, 0.15) is 10.4 Å². The minimum Gasteiger partial charge on any atom is -0.396 e. The van der Waals surface area contributed by atoms with Crippen molar-refractivity contribution in [2.24, 2.45) is 0 Å². The molecule has 0 spiro atoms.